The summed E-state index contributed by atoms with van der Waals surface area (Å²) in [5, 5.41) is 0. The van der Waals surface area contributed by atoms with Crippen LogP contribution in [0.4, 0.5) is 0 Å². The summed E-state index contributed by atoms with van der Waals surface area (Å²) in [6, 6.07) is 20.0. The zero-order valence-electron chi connectivity index (χ0n) is 19.4. The van der Waals surface area contributed by atoms with E-state index in [1.54, 1.807) is 0 Å². The number of hydrogen-bond donors (Lipinski definition) is 0. The van der Waals surface area contributed by atoms with Crippen molar-refractivity contribution in [3.05, 3.63) is 71.8 Å². The molecule has 7 heteroatoms. The molecule has 0 N–H and O–H groups in total. The molecule has 0 radical (unpaired) electrons. The van der Waals surface area contributed by atoms with Crippen LogP contribution < -0.4 is 0 Å². The van der Waals surface area contributed by atoms with Crippen LogP contribution in [0.1, 0.15) is 50.7 Å². The Labute approximate surface area is 211 Å². The SMILES string of the molecule is CC(CCCSCCCC(C)C(=O)OSCc1ccccc1)C(=O)OSCc1ccccc1. The molecular weight excluding hydrogens is 472 g/mol. The molecule has 2 aromatic rings. The lowest BCUT2D eigenvalue weighted by Crippen LogP contribution is -2.12. The van der Waals surface area contributed by atoms with Crippen molar-refractivity contribution in [2.24, 2.45) is 11.8 Å². The van der Waals surface area contributed by atoms with E-state index in [2.05, 4.69) is 0 Å². The monoisotopic (exact) mass is 506 g/mol. The van der Waals surface area contributed by atoms with Gasteiger partial charge in [-0.2, -0.15) is 11.8 Å². The first kappa shape index (κ1) is 27.7. The highest BCUT2D eigenvalue weighted by Crippen LogP contribution is 2.20. The molecule has 0 bridgehead atoms. The van der Waals surface area contributed by atoms with Crippen LogP contribution in [0.25, 0.3) is 0 Å². The van der Waals surface area contributed by atoms with E-state index in [4.69, 9.17) is 8.37 Å². The topological polar surface area (TPSA) is 52.6 Å². The third-order valence-electron chi connectivity index (χ3n) is 5.08. The van der Waals surface area contributed by atoms with Crippen molar-refractivity contribution in [2.75, 3.05) is 11.5 Å². The second-order valence-corrected chi connectivity index (χ2v) is 10.6. The van der Waals surface area contributed by atoms with Gasteiger partial charge in [0, 0.05) is 0 Å². The molecule has 33 heavy (non-hydrogen) atoms. The van der Waals surface area contributed by atoms with Crippen molar-refractivity contribution in [1.82, 2.24) is 0 Å². The summed E-state index contributed by atoms with van der Waals surface area (Å²) in [6.07, 6.45) is 3.63. The lowest BCUT2D eigenvalue weighted by Gasteiger charge is -2.11. The molecule has 0 aliphatic carbocycles. The molecular formula is C26H34O4S3. The van der Waals surface area contributed by atoms with Gasteiger partial charge in [-0.15, -0.1) is 0 Å². The van der Waals surface area contributed by atoms with Gasteiger partial charge in [0.05, 0.1) is 47.4 Å². The van der Waals surface area contributed by atoms with E-state index in [1.165, 1.54) is 24.1 Å². The van der Waals surface area contributed by atoms with Gasteiger partial charge in [0.25, 0.3) is 0 Å². The van der Waals surface area contributed by atoms with Gasteiger partial charge in [0.15, 0.2) is 0 Å². The van der Waals surface area contributed by atoms with Gasteiger partial charge in [-0.05, 0) is 48.3 Å². The fraction of sp³-hybridized carbons (Fsp3) is 0.462. The second-order valence-electron chi connectivity index (χ2n) is 8.00. The maximum absolute atomic E-state index is 12.1. The maximum atomic E-state index is 12.1. The predicted octanol–water partition coefficient (Wildman–Crippen LogP) is 7.34. The largest absolute Gasteiger partial charge is 0.391 e. The van der Waals surface area contributed by atoms with E-state index in [0.717, 1.165) is 48.3 Å². The Morgan fingerprint density at radius 1 is 0.697 bits per heavy atom. The molecule has 180 valence electrons. The zero-order valence-corrected chi connectivity index (χ0v) is 21.9. The minimum absolute atomic E-state index is 0.0861. The first-order valence-corrected chi connectivity index (χ1v) is 14.4. The fourth-order valence-corrected chi connectivity index (χ4v) is 5.23. The summed E-state index contributed by atoms with van der Waals surface area (Å²) >= 11 is 4.29. The molecule has 0 heterocycles. The first-order chi connectivity index (χ1) is 16.1. The Morgan fingerprint density at radius 3 is 1.48 bits per heavy atom. The molecule has 0 aliphatic rings. The standard InChI is InChI=1S/C26H34O4S3/c1-21(25(27)29-32-19-23-13-5-3-6-14-23)11-9-17-31-18-10-12-22(2)26(28)30-33-20-24-15-7-4-8-16-24/h3-8,13-16,21-22H,9-12,17-20H2,1-2H3. The van der Waals surface area contributed by atoms with Gasteiger partial charge >= 0.3 is 11.9 Å². The number of carbonyl (C=O) groups excluding carboxylic acids is 2. The molecule has 0 aliphatic heterocycles. The minimum Gasteiger partial charge on any atom is -0.391 e. The maximum Gasteiger partial charge on any atom is 0.320 e. The summed E-state index contributed by atoms with van der Waals surface area (Å²) in [7, 11) is 0. The molecule has 4 nitrogen and oxygen atoms in total. The quantitative estimate of drug-likeness (QED) is 0.174. The lowest BCUT2D eigenvalue weighted by atomic mass is 10.1. The van der Waals surface area contributed by atoms with E-state index < -0.39 is 0 Å². The molecule has 0 aromatic heterocycles. The van der Waals surface area contributed by atoms with E-state index in [9.17, 15) is 9.59 Å². The smallest absolute Gasteiger partial charge is 0.320 e. The Bertz CT molecular complexity index is 734. The van der Waals surface area contributed by atoms with Crippen LogP contribution in [0.2, 0.25) is 0 Å². The lowest BCUT2D eigenvalue weighted by molar-refractivity contribution is -0.138. The molecule has 2 unspecified atom stereocenters. The van der Waals surface area contributed by atoms with E-state index >= 15 is 0 Å². The Morgan fingerprint density at radius 2 is 1.09 bits per heavy atom. The summed E-state index contributed by atoms with van der Waals surface area (Å²) in [5.74, 6) is 2.92. The third-order valence-corrected chi connectivity index (χ3v) is 7.70. The Hall–Kier alpha value is -1.57. The van der Waals surface area contributed by atoms with Crippen LogP contribution in [-0.4, -0.2) is 23.4 Å². The highest BCUT2D eigenvalue weighted by molar-refractivity contribution is 7.99. The highest BCUT2D eigenvalue weighted by Gasteiger charge is 2.16. The third kappa shape index (κ3) is 12.5. The molecule has 2 aromatic carbocycles. The number of carbonyl (C=O) groups is 2. The number of rotatable bonds is 16. The highest BCUT2D eigenvalue weighted by atomic mass is 32.2. The number of thioether (sulfide) groups is 1. The predicted molar refractivity (Wildman–Crippen MR) is 142 cm³/mol. The van der Waals surface area contributed by atoms with Crippen LogP contribution in [0.15, 0.2) is 60.7 Å². The summed E-state index contributed by atoms with van der Waals surface area (Å²) in [5.41, 5.74) is 2.29. The zero-order chi connectivity index (χ0) is 23.7. The van der Waals surface area contributed by atoms with Crippen LogP contribution in [0.3, 0.4) is 0 Å². The molecule has 0 fully saturated rings. The first-order valence-electron chi connectivity index (χ1n) is 11.4. The van der Waals surface area contributed by atoms with Gasteiger partial charge in [-0.25, -0.2) is 0 Å². The van der Waals surface area contributed by atoms with Gasteiger partial charge in [-0.3, -0.25) is 9.59 Å². The molecule has 2 atom stereocenters. The Balaban J connectivity index is 1.43. The number of benzene rings is 2. The van der Waals surface area contributed by atoms with Gasteiger partial charge < -0.3 is 8.37 Å². The van der Waals surface area contributed by atoms with Crippen molar-refractivity contribution in [3.63, 3.8) is 0 Å². The van der Waals surface area contributed by atoms with E-state index in [0.29, 0.717) is 11.5 Å². The Kier molecular flexibility index (Phi) is 14.2. The second kappa shape index (κ2) is 17.0. The van der Waals surface area contributed by atoms with Gasteiger partial charge in [0.2, 0.25) is 0 Å². The van der Waals surface area contributed by atoms with Crippen molar-refractivity contribution in [3.8, 4) is 0 Å². The summed E-state index contributed by atoms with van der Waals surface area (Å²) < 4.78 is 10.7. The molecule has 0 saturated heterocycles. The van der Waals surface area contributed by atoms with Crippen LogP contribution in [0.5, 0.6) is 0 Å². The number of hydrogen-bond acceptors (Lipinski definition) is 7. The van der Waals surface area contributed by atoms with Gasteiger partial charge in [0.1, 0.15) is 0 Å². The average Bonchev–Trinajstić information content (AvgIpc) is 2.84. The van der Waals surface area contributed by atoms with Crippen LogP contribution in [0, 0.1) is 11.8 Å². The van der Waals surface area contributed by atoms with E-state index in [1.807, 2.05) is 86.3 Å². The van der Waals surface area contributed by atoms with Crippen molar-refractivity contribution < 1.29 is 18.0 Å². The molecule has 2 rings (SSSR count). The van der Waals surface area contributed by atoms with E-state index in [-0.39, 0.29) is 23.8 Å². The van der Waals surface area contributed by atoms with Crippen molar-refractivity contribution >= 4 is 47.8 Å². The molecule has 0 saturated carbocycles. The summed E-state index contributed by atoms with van der Waals surface area (Å²) in [6.45, 7) is 3.86. The van der Waals surface area contributed by atoms with Crippen LogP contribution in [-0.2, 0) is 29.5 Å². The summed E-state index contributed by atoms with van der Waals surface area (Å²) in [4.78, 5) is 24.2. The van der Waals surface area contributed by atoms with Crippen molar-refractivity contribution in [1.29, 1.82) is 0 Å². The minimum atomic E-state index is -0.140. The fourth-order valence-electron chi connectivity index (χ4n) is 2.94. The van der Waals surface area contributed by atoms with Gasteiger partial charge in [-0.1, -0.05) is 74.5 Å². The molecule has 0 amide bonds. The molecule has 0 spiro atoms. The average molecular weight is 507 g/mol. The van der Waals surface area contributed by atoms with Crippen molar-refractivity contribution in [2.45, 2.75) is 51.0 Å². The normalized spacial score (nSPS) is 12.7. The van der Waals surface area contributed by atoms with Crippen LogP contribution >= 0.6 is 35.8 Å².